The Morgan fingerprint density at radius 2 is 1.27 bits per heavy atom. The monoisotopic (exact) mass is 1010 g/mol. The molecule has 1 saturated heterocycles. The van der Waals surface area contributed by atoms with Crippen molar-refractivity contribution >= 4 is 56.4 Å². The molecule has 3 atom stereocenters. The van der Waals surface area contributed by atoms with Crippen molar-refractivity contribution in [1.82, 2.24) is 39.3 Å². The molecule has 0 bridgehead atoms. The van der Waals surface area contributed by atoms with Gasteiger partial charge in [0.15, 0.2) is 0 Å². The van der Waals surface area contributed by atoms with Crippen LogP contribution in [-0.2, 0) is 39.3 Å². The number of halogens is 4. The molecule has 0 radical (unpaired) electrons. The van der Waals surface area contributed by atoms with Gasteiger partial charge in [-0.3, -0.25) is 19.0 Å². The van der Waals surface area contributed by atoms with Gasteiger partial charge in [-0.05, 0) is 108 Å². The summed E-state index contributed by atoms with van der Waals surface area (Å²) in [5, 5.41) is 15.6. The smallest absolute Gasteiger partial charge is 0.264 e. The number of rotatable bonds is 11. The Hall–Kier alpha value is -7.60. The van der Waals surface area contributed by atoms with Crippen LogP contribution in [0.2, 0.25) is 0 Å². The van der Waals surface area contributed by atoms with Crippen molar-refractivity contribution in [3.63, 3.8) is 0 Å². The predicted octanol–water partition coefficient (Wildman–Crippen LogP) is 10.7. The molecule has 4 aromatic heterocycles. The van der Waals surface area contributed by atoms with Gasteiger partial charge in [-0.1, -0.05) is 0 Å². The summed E-state index contributed by atoms with van der Waals surface area (Å²) in [5.41, 5.74) is 10.00. The number of benzene rings is 4. The number of amides is 2. The highest BCUT2D eigenvalue weighted by molar-refractivity contribution is 6.10. The Kier molecular flexibility index (Phi) is 12.5. The Balaban J connectivity index is 1.03. The van der Waals surface area contributed by atoms with Crippen molar-refractivity contribution in [3.05, 3.63) is 125 Å². The molecule has 2 amide bonds. The van der Waals surface area contributed by atoms with Crippen LogP contribution in [0.25, 0.3) is 44.1 Å². The lowest BCUT2D eigenvalue weighted by molar-refractivity contribution is -0.0116. The number of carbonyl (C=O) groups excluding carboxylic acids is 2. The van der Waals surface area contributed by atoms with E-state index in [0.717, 1.165) is 45.2 Å². The van der Waals surface area contributed by atoms with Gasteiger partial charge in [0.2, 0.25) is 0 Å². The number of aromatic nitrogens is 6. The van der Waals surface area contributed by atoms with E-state index < -0.39 is 12.9 Å². The summed E-state index contributed by atoms with van der Waals surface area (Å²) in [6, 6.07) is 15.0. The number of fused-ring (bicyclic) bond motifs is 4. The molecule has 8 aromatic rings. The van der Waals surface area contributed by atoms with E-state index >= 15 is 17.6 Å². The highest BCUT2D eigenvalue weighted by atomic mass is 19.3. The minimum atomic E-state index is -2.81. The minimum absolute atomic E-state index is 0.0740. The van der Waals surface area contributed by atoms with Crippen molar-refractivity contribution in [2.24, 2.45) is 28.2 Å². The fraction of sp³-hybridized carbons (Fsp3) is 0.357. The summed E-state index contributed by atoms with van der Waals surface area (Å²) < 4.78 is 80.8. The molecule has 3 aliphatic heterocycles. The number of nitrogens with zero attached hydrogens (tertiary/aromatic N) is 8. The Morgan fingerprint density at radius 1 is 0.689 bits per heavy atom. The van der Waals surface area contributed by atoms with Crippen LogP contribution < -0.4 is 25.2 Å². The van der Waals surface area contributed by atoms with Crippen molar-refractivity contribution in [2.45, 2.75) is 62.9 Å². The summed E-state index contributed by atoms with van der Waals surface area (Å²) in [6.45, 7) is 1.44. The number of methoxy groups -OCH3 is 1. The molecule has 384 valence electrons. The van der Waals surface area contributed by atoms with E-state index in [4.69, 9.17) is 9.47 Å². The Labute approximate surface area is 425 Å². The first-order valence-electron chi connectivity index (χ1n) is 25.0. The van der Waals surface area contributed by atoms with Crippen LogP contribution in [0.1, 0.15) is 98.9 Å². The molecule has 0 saturated carbocycles. The van der Waals surface area contributed by atoms with Crippen molar-refractivity contribution in [3.8, 4) is 28.0 Å². The second-order valence-corrected chi connectivity index (χ2v) is 19.8. The molecule has 0 aliphatic carbocycles. The molecule has 1 fully saturated rings. The topological polar surface area (TPSA) is 129 Å². The third kappa shape index (κ3) is 8.23. The van der Waals surface area contributed by atoms with Crippen molar-refractivity contribution in [2.75, 3.05) is 50.7 Å². The molecule has 18 heteroatoms. The summed E-state index contributed by atoms with van der Waals surface area (Å²) >= 11 is 0. The lowest BCUT2D eigenvalue weighted by Gasteiger charge is -2.42. The van der Waals surface area contributed by atoms with Crippen molar-refractivity contribution < 1.29 is 36.6 Å². The molecule has 4 aromatic carbocycles. The predicted molar refractivity (Wildman–Crippen MR) is 278 cm³/mol. The van der Waals surface area contributed by atoms with E-state index in [2.05, 4.69) is 31.8 Å². The zero-order chi connectivity index (χ0) is 51.9. The first-order chi connectivity index (χ1) is 35.6. The van der Waals surface area contributed by atoms with Gasteiger partial charge in [-0.2, -0.15) is 10.2 Å². The fourth-order valence-corrected chi connectivity index (χ4v) is 12.1. The summed E-state index contributed by atoms with van der Waals surface area (Å²) in [7, 11) is 12.1. The van der Waals surface area contributed by atoms with E-state index in [1.807, 2.05) is 64.7 Å². The maximum Gasteiger partial charge on any atom is 0.264 e. The normalized spacial score (nSPS) is 17.9. The van der Waals surface area contributed by atoms with Crippen LogP contribution in [0.4, 0.5) is 40.3 Å². The quantitative estimate of drug-likeness (QED) is 0.123. The van der Waals surface area contributed by atoms with E-state index in [1.165, 1.54) is 0 Å². The molecule has 0 spiro atoms. The molecule has 2 N–H and O–H groups in total. The van der Waals surface area contributed by atoms with Gasteiger partial charge >= 0.3 is 0 Å². The number of aryl methyl sites for hydroxylation is 5. The van der Waals surface area contributed by atoms with Gasteiger partial charge in [-0.25, -0.2) is 17.6 Å². The van der Waals surface area contributed by atoms with E-state index in [1.54, 1.807) is 87.8 Å². The van der Waals surface area contributed by atoms with Gasteiger partial charge < -0.3 is 39.0 Å². The highest BCUT2D eigenvalue weighted by Gasteiger charge is 2.39. The third-order valence-electron chi connectivity index (χ3n) is 15.5. The number of alkyl halides is 4. The van der Waals surface area contributed by atoms with Crippen LogP contribution in [0.5, 0.6) is 5.75 Å². The number of hydrogen-bond donors (Lipinski definition) is 2. The van der Waals surface area contributed by atoms with Gasteiger partial charge in [0.25, 0.3) is 24.7 Å². The zero-order valence-electron chi connectivity index (χ0n) is 42.3. The van der Waals surface area contributed by atoms with Crippen LogP contribution in [-0.4, -0.2) is 87.5 Å². The number of ether oxygens (including phenoxy) is 2. The maximum atomic E-state index is 15.4. The zero-order valence-corrected chi connectivity index (χ0v) is 42.3. The standard InChI is InChI=1S/C56H58F4N10O4/c1-61-55(71)45-28-65(3)51-39(17-34(18-41(45)51)69-12-8-9-31-15-37(32-24-63-67(5)26-32)43(53(57)58)22-47(31)69)30-11-14-74-49(16-30)36-10-13-70(35-19-42-46(56(72)62-2)29-66(4)52(42)50(20-35)73-7)48-23-44(54(59)60)38(21-40(36)48)33-25-64-68(6)27-33/h15,17-30,36,49,53-54H,8-14,16H2,1-7H3,(H,61,71)(H,62,72). The molecule has 3 unspecified atom stereocenters. The molecular weight excluding hydrogens is 953 g/mol. The van der Waals surface area contributed by atoms with Crippen LogP contribution in [0.3, 0.4) is 0 Å². The Morgan fingerprint density at radius 3 is 1.86 bits per heavy atom. The summed E-state index contributed by atoms with van der Waals surface area (Å²) in [4.78, 5) is 31.0. The molecule has 7 heterocycles. The molecule has 11 rings (SSSR count). The van der Waals surface area contributed by atoms with Crippen LogP contribution in [0, 0.1) is 0 Å². The van der Waals surface area contributed by atoms with Gasteiger partial charge in [0, 0.05) is 155 Å². The number of anilines is 4. The lowest BCUT2D eigenvalue weighted by Crippen LogP contribution is -2.36. The maximum absolute atomic E-state index is 15.4. The number of carbonyl (C=O) groups is 2. The lowest BCUT2D eigenvalue weighted by atomic mass is 9.77. The second kappa shape index (κ2) is 19.0. The number of hydrogen-bond acceptors (Lipinski definition) is 8. The molecule has 3 aliphatic rings. The average molecular weight is 1010 g/mol. The SMILES string of the molecule is CNC(=O)c1cn(C)c2c(OC)cc(N3CCC(C4CC(c5cc(N6CCCc7cc(-c8cnn(C)c8)c(C(F)F)cc76)cc6c(C(=O)NC)cn(C)c56)CCO4)c4cc(-c5cnn(C)c5)c(C(F)F)cc43)cc12. The first-order valence-corrected chi connectivity index (χ1v) is 25.0. The van der Waals surface area contributed by atoms with E-state index in [-0.39, 0.29) is 40.9 Å². The Bertz CT molecular complexity index is 3520. The molecular formula is C56H58F4N10O4. The summed E-state index contributed by atoms with van der Waals surface area (Å²) in [5.74, 6) is -0.292. The number of nitrogens with one attached hydrogen (secondary N) is 2. The average Bonchev–Trinajstić information content (AvgIpc) is 4.21. The molecule has 74 heavy (non-hydrogen) atoms. The fourth-order valence-electron chi connectivity index (χ4n) is 12.1. The second-order valence-electron chi connectivity index (χ2n) is 19.8. The largest absolute Gasteiger partial charge is 0.494 e. The van der Waals surface area contributed by atoms with Gasteiger partial charge in [0.05, 0.1) is 47.8 Å². The van der Waals surface area contributed by atoms with Gasteiger partial charge in [-0.15, -0.1) is 0 Å². The van der Waals surface area contributed by atoms with Crippen molar-refractivity contribution in [1.29, 1.82) is 0 Å². The third-order valence-corrected chi connectivity index (χ3v) is 15.5. The van der Waals surface area contributed by atoms with Gasteiger partial charge in [0.1, 0.15) is 5.75 Å². The highest BCUT2D eigenvalue weighted by Crippen LogP contribution is 2.51. The summed E-state index contributed by atoms with van der Waals surface area (Å²) in [6.07, 6.45) is 7.74. The minimum Gasteiger partial charge on any atom is -0.494 e. The van der Waals surface area contributed by atoms with Crippen LogP contribution in [0.15, 0.2) is 85.7 Å². The molecule has 14 nitrogen and oxygen atoms in total. The van der Waals surface area contributed by atoms with E-state index in [9.17, 15) is 9.59 Å². The first kappa shape index (κ1) is 48.7. The van der Waals surface area contributed by atoms with Crippen LogP contribution >= 0.6 is 0 Å². The van der Waals surface area contributed by atoms with E-state index in [0.29, 0.717) is 107 Å².